The Morgan fingerprint density at radius 3 is 2.79 bits per heavy atom. The van der Waals surface area contributed by atoms with Gasteiger partial charge >= 0.3 is 0 Å². The number of fused-ring (bicyclic) bond motifs is 3. The number of aryl methyl sites for hydroxylation is 2. The highest BCUT2D eigenvalue weighted by Gasteiger charge is 2.32. The molecule has 0 saturated carbocycles. The van der Waals surface area contributed by atoms with Crippen molar-refractivity contribution >= 4 is 27.3 Å². The van der Waals surface area contributed by atoms with Gasteiger partial charge in [-0.2, -0.15) is 0 Å². The zero-order valence-electron chi connectivity index (χ0n) is 12.9. The maximum atomic E-state index is 12.4. The molecule has 1 N–H and O–H groups in total. The highest BCUT2D eigenvalue weighted by molar-refractivity contribution is 7.90. The van der Waals surface area contributed by atoms with Crippen LogP contribution in [-0.2, 0) is 27.6 Å². The van der Waals surface area contributed by atoms with Crippen molar-refractivity contribution in [2.75, 3.05) is 13.2 Å². The van der Waals surface area contributed by atoms with E-state index in [-0.39, 0.29) is 6.61 Å². The Morgan fingerprint density at radius 2 is 2.00 bits per heavy atom. The van der Waals surface area contributed by atoms with Gasteiger partial charge in [-0.05, 0) is 42.0 Å². The predicted octanol–water partition coefficient (Wildman–Crippen LogP) is 2.36. The molecule has 1 aromatic heterocycles. The Morgan fingerprint density at radius 1 is 1.21 bits per heavy atom. The third kappa shape index (κ3) is 2.76. The summed E-state index contributed by atoms with van der Waals surface area (Å²) in [5.74, 6) is -0.543. The molecule has 2 aromatic rings. The standard InChI is InChI=1S/C17H17NO4S2/c19-17(18-24(20,21)13-7-8-22-10-13)15-9-12-6-5-11-3-1-2-4-14(11)16(12)23-15/h1-4,9,13H,5-8,10H2,(H,18,19). The molecule has 126 valence electrons. The monoisotopic (exact) mass is 363 g/mol. The number of nitrogens with one attached hydrogen (secondary N) is 1. The normalized spacial score (nSPS) is 19.6. The van der Waals surface area contributed by atoms with E-state index in [2.05, 4.69) is 16.9 Å². The van der Waals surface area contributed by atoms with Gasteiger partial charge in [-0.3, -0.25) is 4.79 Å². The van der Waals surface area contributed by atoms with Crippen LogP contribution >= 0.6 is 11.3 Å². The summed E-state index contributed by atoms with van der Waals surface area (Å²) in [7, 11) is -3.69. The van der Waals surface area contributed by atoms with Crippen molar-refractivity contribution in [3.05, 3.63) is 46.3 Å². The van der Waals surface area contributed by atoms with Gasteiger partial charge in [0.25, 0.3) is 5.91 Å². The van der Waals surface area contributed by atoms with E-state index in [0.717, 1.165) is 28.8 Å². The van der Waals surface area contributed by atoms with Crippen LogP contribution in [0.5, 0.6) is 0 Å². The first-order valence-corrected chi connectivity index (χ1v) is 10.3. The van der Waals surface area contributed by atoms with Gasteiger partial charge in [0.1, 0.15) is 5.25 Å². The lowest BCUT2D eigenvalue weighted by Gasteiger charge is -2.15. The number of sulfonamides is 1. The van der Waals surface area contributed by atoms with Crippen LogP contribution in [0.4, 0.5) is 0 Å². The molecule has 4 rings (SSSR count). The first kappa shape index (κ1) is 15.8. The van der Waals surface area contributed by atoms with Crippen LogP contribution in [-0.4, -0.2) is 32.8 Å². The van der Waals surface area contributed by atoms with E-state index < -0.39 is 21.2 Å². The number of ether oxygens (including phenoxy) is 1. The fourth-order valence-electron chi connectivity index (χ4n) is 3.20. The minimum atomic E-state index is -3.69. The van der Waals surface area contributed by atoms with E-state index in [1.165, 1.54) is 16.9 Å². The summed E-state index contributed by atoms with van der Waals surface area (Å²) < 4.78 is 31.8. The Bertz CT molecular complexity index is 895. The molecular formula is C17H17NO4S2. The Kier molecular flexibility index (Phi) is 3.94. The molecule has 1 fully saturated rings. The van der Waals surface area contributed by atoms with E-state index in [1.807, 2.05) is 18.2 Å². The third-order valence-corrected chi connectivity index (χ3v) is 7.45. The second-order valence-electron chi connectivity index (χ2n) is 6.08. The van der Waals surface area contributed by atoms with E-state index in [0.29, 0.717) is 17.9 Å². The number of hydrogen-bond acceptors (Lipinski definition) is 5. The number of amides is 1. The van der Waals surface area contributed by atoms with Gasteiger partial charge in [0, 0.05) is 11.5 Å². The van der Waals surface area contributed by atoms with Crippen molar-refractivity contribution in [2.24, 2.45) is 0 Å². The van der Waals surface area contributed by atoms with Crippen LogP contribution in [0.25, 0.3) is 10.4 Å². The summed E-state index contributed by atoms with van der Waals surface area (Å²) in [5, 5.41) is -0.642. The van der Waals surface area contributed by atoms with Crippen molar-refractivity contribution in [2.45, 2.75) is 24.5 Å². The fourth-order valence-corrected chi connectivity index (χ4v) is 5.65. The van der Waals surface area contributed by atoms with Crippen LogP contribution in [0.2, 0.25) is 0 Å². The predicted molar refractivity (Wildman–Crippen MR) is 92.8 cm³/mol. The van der Waals surface area contributed by atoms with E-state index in [4.69, 9.17) is 4.74 Å². The van der Waals surface area contributed by atoms with Gasteiger partial charge in [-0.1, -0.05) is 24.3 Å². The summed E-state index contributed by atoms with van der Waals surface area (Å²) in [6, 6.07) is 9.98. The SMILES string of the molecule is O=C(NS(=O)(=O)C1CCOC1)c1cc2c(s1)-c1ccccc1CC2. The Balaban J connectivity index is 1.60. The lowest BCUT2D eigenvalue weighted by atomic mass is 9.91. The van der Waals surface area contributed by atoms with E-state index >= 15 is 0 Å². The first-order valence-electron chi connectivity index (χ1n) is 7.89. The molecule has 5 nitrogen and oxygen atoms in total. The molecule has 1 aromatic carbocycles. The molecule has 0 bridgehead atoms. The van der Waals surface area contributed by atoms with E-state index in [9.17, 15) is 13.2 Å². The summed E-state index contributed by atoms with van der Waals surface area (Å²) >= 11 is 1.36. The molecule has 1 saturated heterocycles. The Hall–Kier alpha value is -1.70. The number of carbonyl (C=O) groups is 1. The average Bonchev–Trinajstić information content (AvgIpc) is 3.24. The third-order valence-electron chi connectivity index (χ3n) is 4.52. The van der Waals surface area contributed by atoms with Gasteiger partial charge in [-0.25, -0.2) is 13.1 Å². The quantitative estimate of drug-likeness (QED) is 0.909. The highest BCUT2D eigenvalue weighted by Crippen LogP contribution is 2.39. The van der Waals surface area contributed by atoms with Gasteiger partial charge < -0.3 is 4.74 Å². The second-order valence-corrected chi connectivity index (χ2v) is 9.10. The number of hydrogen-bond donors (Lipinski definition) is 1. The first-order chi connectivity index (χ1) is 11.5. The minimum Gasteiger partial charge on any atom is -0.380 e. The van der Waals surface area contributed by atoms with Gasteiger partial charge in [0.15, 0.2) is 0 Å². The molecular weight excluding hydrogens is 346 g/mol. The van der Waals surface area contributed by atoms with Crippen LogP contribution in [0.1, 0.15) is 27.2 Å². The van der Waals surface area contributed by atoms with Gasteiger partial charge in [-0.15, -0.1) is 11.3 Å². The molecule has 7 heteroatoms. The van der Waals surface area contributed by atoms with Crippen molar-refractivity contribution < 1.29 is 17.9 Å². The summed E-state index contributed by atoms with van der Waals surface area (Å²) in [6.45, 7) is 0.570. The van der Waals surface area contributed by atoms with Crippen LogP contribution in [0, 0.1) is 0 Å². The molecule has 0 spiro atoms. The lowest BCUT2D eigenvalue weighted by Crippen LogP contribution is -2.38. The maximum Gasteiger partial charge on any atom is 0.274 e. The molecule has 24 heavy (non-hydrogen) atoms. The van der Waals surface area contributed by atoms with Crippen molar-refractivity contribution in [1.82, 2.24) is 4.72 Å². The highest BCUT2D eigenvalue weighted by atomic mass is 32.2. The zero-order valence-corrected chi connectivity index (χ0v) is 14.6. The average molecular weight is 363 g/mol. The molecule has 1 aliphatic heterocycles. The van der Waals surface area contributed by atoms with Crippen LogP contribution in [0.3, 0.4) is 0 Å². The number of carbonyl (C=O) groups excluding carboxylic acids is 1. The van der Waals surface area contributed by atoms with Gasteiger partial charge in [0.05, 0.1) is 11.5 Å². The molecule has 1 unspecified atom stereocenters. The molecule has 2 heterocycles. The fraction of sp³-hybridized carbons (Fsp3) is 0.353. The minimum absolute atomic E-state index is 0.150. The van der Waals surface area contributed by atoms with Gasteiger partial charge in [0.2, 0.25) is 10.0 Å². The smallest absolute Gasteiger partial charge is 0.274 e. The number of benzene rings is 1. The van der Waals surface area contributed by atoms with Crippen molar-refractivity contribution in [3.8, 4) is 10.4 Å². The molecule has 1 atom stereocenters. The zero-order chi connectivity index (χ0) is 16.7. The largest absolute Gasteiger partial charge is 0.380 e. The maximum absolute atomic E-state index is 12.4. The summed E-state index contributed by atoms with van der Waals surface area (Å²) in [5.41, 5.74) is 3.54. The number of rotatable bonds is 3. The molecule has 1 amide bonds. The molecule has 1 aliphatic carbocycles. The summed E-state index contributed by atoms with van der Waals surface area (Å²) in [4.78, 5) is 13.9. The van der Waals surface area contributed by atoms with Crippen LogP contribution in [0.15, 0.2) is 30.3 Å². The van der Waals surface area contributed by atoms with E-state index in [1.54, 1.807) is 0 Å². The van der Waals surface area contributed by atoms with Crippen molar-refractivity contribution in [1.29, 1.82) is 0 Å². The summed E-state index contributed by atoms with van der Waals surface area (Å²) in [6.07, 6.45) is 2.24. The second kappa shape index (κ2) is 5.98. The Labute approximate surface area is 144 Å². The lowest BCUT2D eigenvalue weighted by molar-refractivity contribution is 0.0985. The number of thiophene rings is 1. The van der Waals surface area contributed by atoms with Crippen molar-refractivity contribution in [3.63, 3.8) is 0 Å². The van der Waals surface area contributed by atoms with Crippen LogP contribution < -0.4 is 4.72 Å². The molecule has 2 aliphatic rings. The molecule has 0 radical (unpaired) electrons. The topological polar surface area (TPSA) is 72.5 Å².